The minimum atomic E-state index is -0.525. The molecule has 1 heterocycles. The molecule has 18 heavy (non-hydrogen) atoms. The molecule has 92 valence electrons. The maximum atomic E-state index is 13.3. The lowest BCUT2D eigenvalue weighted by molar-refractivity contribution is 0.102. The van der Waals surface area contributed by atoms with Gasteiger partial charge in [0.2, 0.25) is 0 Å². The smallest absolute Gasteiger partial charge is 0.257 e. The minimum absolute atomic E-state index is 0.0449. The zero-order valence-corrected chi connectivity index (χ0v) is 9.64. The molecule has 2 rings (SSSR count). The van der Waals surface area contributed by atoms with Crippen molar-refractivity contribution in [2.24, 2.45) is 0 Å². The van der Waals surface area contributed by atoms with Gasteiger partial charge in [-0.15, -0.1) is 0 Å². The third-order valence-electron chi connectivity index (χ3n) is 2.45. The first-order valence-corrected chi connectivity index (χ1v) is 5.29. The van der Waals surface area contributed by atoms with E-state index in [0.29, 0.717) is 5.56 Å². The Hall–Kier alpha value is -2.43. The van der Waals surface area contributed by atoms with E-state index in [1.165, 1.54) is 30.5 Å². The summed E-state index contributed by atoms with van der Waals surface area (Å²) in [5.74, 6) is -1.07. The second-order valence-electron chi connectivity index (χ2n) is 3.79. The predicted octanol–water partition coefficient (Wildman–Crippen LogP) is 2.49. The van der Waals surface area contributed by atoms with Crippen molar-refractivity contribution in [1.82, 2.24) is 4.98 Å². The largest absolute Gasteiger partial charge is 0.504 e. The highest BCUT2D eigenvalue weighted by Crippen LogP contribution is 2.19. The van der Waals surface area contributed by atoms with Gasteiger partial charge in [0.05, 0.1) is 0 Å². The summed E-state index contributed by atoms with van der Waals surface area (Å²) in [7, 11) is 0. The van der Waals surface area contributed by atoms with Gasteiger partial charge in [-0.3, -0.25) is 4.79 Å². The highest BCUT2D eigenvalue weighted by atomic mass is 19.1. The second-order valence-corrected chi connectivity index (χ2v) is 3.79. The number of amides is 1. The van der Waals surface area contributed by atoms with Gasteiger partial charge in [0, 0.05) is 11.8 Å². The number of aromatic nitrogens is 1. The lowest BCUT2D eigenvalue weighted by Crippen LogP contribution is -2.13. The Morgan fingerprint density at radius 1 is 1.39 bits per heavy atom. The van der Waals surface area contributed by atoms with Crippen molar-refractivity contribution in [3.8, 4) is 5.75 Å². The summed E-state index contributed by atoms with van der Waals surface area (Å²) in [5.41, 5.74) is 0.635. The van der Waals surface area contributed by atoms with E-state index in [4.69, 9.17) is 0 Å². The van der Waals surface area contributed by atoms with Crippen molar-refractivity contribution in [1.29, 1.82) is 0 Å². The summed E-state index contributed by atoms with van der Waals surface area (Å²) < 4.78 is 13.3. The van der Waals surface area contributed by atoms with Crippen LogP contribution in [0.15, 0.2) is 36.5 Å². The van der Waals surface area contributed by atoms with E-state index in [2.05, 4.69) is 10.3 Å². The van der Waals surface area contributed by atoms with Crippen LogP contribution in [0.5, 0.6) is 5.75 Å². The van der Waals surface area contributed by atoms with E-state index in [1.807, 2.05) is 0 Å². The molecule has 4 nitrogen and oxygen atoms in total. The summed E-state index contributed by atoms with van der Waals surface area (Å²) in [6, 6.07) is 7.11. The molecule has 0 aliphatic carbocycles. The van der Waals surface area contributed by atoms with Crippen LogP contribution in [0.2, 0.25) is 0 Å². The van der Waals surface area contributed by atoms with Gasteiger partial charge in [0.15, 0.2) is 11.6 Å². The van der Waals surface area contributed by atoms with E-state index in [1.54, 1.807) is 6.92 Å². The van der Waals surface area contributed by atoms with Gasteiger partial charge in [0.25, 0.3) is 5.91 Å². The minimum Gasteiger partial charge on any atom is -0.504 e. The fourth-order valence-corrected chi connectivity index (χ4v) is 1.41. The Labute approximate surface area is 103 Å². The Kier molecular flexibility index (Phi) is 3.23. The van der Waals surface area contributed by atoms with Crippen LogP contribution in [0, 0.1) is 12.7 Å². The van der Waals surface area contributed by atoms with Crippen molar-refractivity contribution in [3.05, 3.63) is 53.5 Å². The number of aryl methyl sites for hydroxylation is 1. The molecular formula is C13H11FN2O2. The number of carbonyl (C=O) groups is 1. The van der Waals surface area contributed by atoms with Gasteiger partial charge in [-0.05, 0) is 36.8 Å². The first-order chi connectivity index (χ1) is 8.58. The molecule has 2 N–H and O–H groups in total. The standard InChI is InChI=1S/C13H11FN2O2/c1-8-4-5-9(7-10(8)14)13(18)16-12-11(17)3-2-6-15-12/h2-7,17H,1H3,(H,15,16,18). The summed E-state index contributed by atoms with van der Waals surface area (Å²) >= 11 is 0. The van der Waals surface area contributed by atoms with Crippen LogP contribution in [0.25, 0.3) is 0 Å². The average Bonchev–Trinajstić information content (AvgIpc) is 2.35. The van der Waals surface area contributed by atoms with Crippen LogP contribution >= 0.6 is 0 Å². The van der Waals surface area contributed by atoms with Crippen molar-refractivity contribution in [3.63, 3.8) is 0 Å². The zero-order chi connectivity index (χ0) is 13.1. The number of nitrogens with one attached hydrogen (secondary N) is 1. The first-order valence-electron chi connectivity index (χ1n) is 5.29. The van der Waals surface area contributed by atoms with E-state index in [9.17, 15) is 14.3 Å². The van der Waals surface area contributed by atoms with Crippen molar-refractivity contribution >= 4 is 11.7 Å². The maximum absolute atomic E-state index is 13.3. The van der Waals surface area contributed by atoms with E-state index in [0.717, 1.165) is 6.07 Å². The van der Waals surface area contributed by atoms with Crippen LogP contribution in [-0.2, 0) is 0 Å². The Morgan fingerprint density at radius 2 is 2.17 bits per heavy atom. The lowest BCUT2D eigenvalue weighted by Gasteiger charge is -2.06. The quantitative estimate of drug-likeness (QED) is 0.855. The first kappa shape index (κ1) is 12.0. The van der Waals surface area contributed by atoms with E-state index >= 15 is 0 Å². The molecule has 0 radical (unpaired) electrons. The Morgan fingerprint density at radius 3 is 2.83 bits per heavy atom. The summed E-state index contributed by atoms with van der Waals surface area (Å²) in [5, 5.41) is 11.9. The predicted molar refractivity (Wildman–Crippen MR) is 65.0 cm³/mol. The summed E-state index contributed by atoms with van der Waals surface area (Å²) in [4.78, 5) is 15.6. The molecule has 0 atom stereocenters. The van der Waals surface area contributed by atoms with Crippen LogP contribution in [0.4, 0.5) is 10.2 Å². The molecule has 2 aromatic rings. The number of hydrogen-bond donors (Lipinski definition) is 2. The fraction of sp³-hybridized carbons (Fsp3) is 0.0769. The number of hydrogen-bond acceptors (Lipinski definition) is 3. The number of aromatic hydroxyl groups is 1. The zero-order valence-electron chi connectivity index (χ0n) is 9.64. The normalized spacial score (nSPS) is 10.1. The third kappa shape index (κ3) is 2.45. The molecule has 0 spiro atoms. The highest BCUT2D eigenvalue weighted by molar-refractivity contribution is 6.04. The number of benzene rings is 1. The van der Waals surface area contributed by atoms with Crippen LogP contribution < -0.4 is 5.32 Å². The van der Waals surface area contributed by atoms with Gasteiger partial charge in [0.1, 0.15) is 5.82 Å². The molecule has 0 saturated heterocycles. The molecule has 1 aromatic carbocycles. The molecular weight excluding hydrogens is 235 g/mol. The lowest BCUT2D eigenvalue weighted by atomic mass is 10.1. The van der Waals surface area contributed by atoms with E-state index in [-0.39, 0.29) is 17.1 Å². The van der Waals surface area contributed by atoms with Crippen molar-refractivity contribution in [2.75, 3.05) is 5.32 Å². The number of pyridine rings is 1. The van der Waals surface area contributed by atoms with E-state index < -0.39 is 11.7 Å². The Balaban J connectivity index is 2.22. The Bertz CT molecular complexity index is 599. The van der Waals surface area contributed by atoms with Gasteiger partial charge < -0.3 is 10.4 Å². The van der Waals surface area contributed by atoms with Crippen LogP contribution in [-0.4, -0.2) is 16.0 Å². The maximum Gasteiger partial charge on any atom is 0.257 e. The number of carbonyl (C=O) groups excluding carboxylic acids is 1. The van der Waals surface area contributed by atoms with Crippen LogP contribution in [0.1, 0.15) is 15.9 Å². The second kappa shape index (κ2) is 4.83. The SMILES string of the molecule is Cc1ccc(C(=O)Nc2ncccc2O)cc1F. The molecule has 1 amide bonds. The number of anilines is 1. The molecule has 0 aliphatic rings. The van der Waals surface area contributed by atoms with Crippen molar-refractivity contribution < 1.29 is 14.3 Å². The van der Waals surface area contributed by atoms with Gasteiger partial charge in [-0.2, -0.15) is 0 Å². The molecule has 1 aromatic heterocycles. The van der Waals surface area contributed by atoms with Gasteiger partial charge in [-0.25, -0.2) is 9.37 Å². The van der Waals surface area contributed by atoms with Gasteiger partial charge >= 0.3 is 0 Å². The number of halogens is 1. The topological polar surface area (TPSA) is 62.2 Å². The van der Waals surface area contributed by atoms with Gasteiger partial charge in [-0.1, -0.05) is 6.07 Å². The molecule has 0 aliphatic heterocycles. The number of rotatable bonds is 2. The third-order valence-corrected chi connectivity index (χ3v) is 2.45. The molecule has 0 saturated carbocycles. The van der Waals surface area contributed by atoms with Crippen molar-refractivity contribution in [2.45, 2.75) is 6.92 Å². The molecule has 0 bridgehead atoms. The fourth-order valence-electron chi connectivity index (χ4n) is 1.41. The van der Waals surface area contributed by atoms with Crippen LogP contribution in [0.3, 0.4) is 0 Å². The molecule has 0 fully saturated rings. The molecule has 0 unspecified atom stereocenters. The molecule has 5 heteroatoms. The average molecular weight is 246 g/mol. The summed E-state index contributed by atoms with van der Waals surface area (Å²) in [6.45, 7) is 1.61. The summed E-state index contributed by atoms with van der Waals surface area (Å²) in [6.07, 6.45) is 1.44. The number of nitrogens with zero attached hydrogens (tertiary/aromatic N) is 1. The highest BCUT2D eigenvalue weighted by Gasteiger charge is 2.11. The monoisotopic (exact) mass is 246 g/mol.